The maximum atomic E-state index is 12.5. The standard InChI is InChI=1S/C17H14ClN3O.ClH/c18-14-9-8-13-17(20-14)16(11-4-2-1-3-5-11)19-10-15(22)21(13)12-6-7-12;/h1-5,8-9,12H,6-7,10H2;1H. The molecule has 0 unspecified atom stereocenters. The van der Waals surface area contributed by atoms with Crippen LogP contribution in [0.25, 0.3) is 0 Å². The molecule has 0 saturated heterocycles. The number of rotatable bonds is 2. The zero-order valence-corrected chi connectivity index (χ0v) is 13.8. The van der Waals surface area contributed by atoms with Gasteiger partial charge in [-0.1, -0.05) is 29.8 Å². The molecule has 4 rings (SSSR count). The van der Waals surface area contributed by atoms with Crippen molar-refractivity contribution in [3.05, 3.63) is 58.9 Å². The molecule has 0 atom stereocenters. The summed E-state index contributed by atoms with van der Waals surface area (Å²) in [7, 11) is 0. The lowest BCUT2D eigenvalue weighted by Crippen LogP contribution is -3.00. The summed E-state index contributed by atoms with van der Waals surface area (Å²) >= 11 is 6.11. The molecule has 0 bridgehead atoms. The van der Waals surface area contributed by atoms with Crippen LogP contribution in [0.1, 0.15) is 24.1 Å². The van der Waals surface area contributed by atoms with Crippen molar-refractivity contribution in [1.82, 2.24) is 4.98 Å². The van der Waals surface area contributed by atoms with E-state index in [1.165, 1.54) is 0 Å². The van der Waals surface area contributed by atoms with Crippen molar-refractivity contribution in [3.63, 3.8) is 0 Å². The first-order valence-electron chi connectivity index (χ1n) is 7.39. The molecule has 1 aliphatic carbocycles. The number of anilines is 1. The molecule has 4 nitrogen and oxygen atoms in total. The minimum absolute atomic E-state index is 0. The Balaban J connectivity index is 0.00000156. The molecular weight excluding hydrogens is 333 g/mol. The van der Waals surface area contributed by atoms with E-state index in [4.69, 9.17) is 11.6 Å². The first kappa shape index (κ1) is 16.0. The van der Waals surface area contributed by atoms with Gasteiger partial charge in [-0.15, -0.1) is 0 Å². The summed E-state index contributed by atoms with van der Waals surface area (Å²) in [6, 6.07) is 13.9. The molecule has 1 fully saturated rings. The normalized spacial score (nSPS) is 17.0. The van der Waals surface area contributed by atoms with Crippen LogP contribution < -0.4 is 22.3 Å². The third-order valence-electron chi connectivity index (χ3n) is 4.00. The summed E-state index contributed by atoms with van der Waals surface area (Å²) in [5.41, 5.74) is 3.45. The third-order valence-corrected chi connectivity index (χ3v) is 4.21. The van der Waals surface area contributed by atoms with Crippen molar-refractivity contribution in [1.29, 1.82) is 0 Å². The van der Waals surface area contributed by atoms with Gasteiger partial charge in [0.05, 0.1) is 5.69 Å². The number of amides is 1. The van der Waals surface area contributed by atoms with Crippen LogP contribution in [0.4, 0.5) is 5.69 Å². The number of nitrogens with one attached hydrogen (secondary N) is 1. The Morgan fingerprint density at radius 3 is 2.57 bits per heavy atom. The number of benzene rings is 1. The van der Waals surface area contributed by atoms with E-state index in [0.29, 0.717) is 11.2 Å². The molecule has 1 saturated carbocycles. The van der Waals surface area contributed by atoms with Crippen molar-refractivity contribution >= 4 is 28.9 Å². The second-order valence-corrected chi connectivity index (χ2v) is 5.98. The van der Waals surface area contributed by atoms with Gasteiger partial charge in [0.25, 0.3) is 5.91 Å². The Labute approximate surface area is 145 Å². The van der Waals surface area contributed by atoms with E-state index in [2.05, 4.69) is 9.98 Å². The largest absolute Gasteiger partial charge is 1.00 e. The maximum absolute atomic E-state index is 12.5. The quantitative estimate of drug-likeness (QED) is 0.649. The molecule has 118 valence electrons. The van der Waals surface area contributed by atoms with Gasteiger partial charge in [0.2, 0.25) is 12.3 Å². The zero-order valence-electron chi connectivity index (χ0n) is 12.3. The van der Waals surface area contributed by atoms with Gasteiger partial charge in [-0.05, 0) is 37.1 Å². The van der Waals surface area contributed by atoms with Crippen molar-refractivity contribution in [2.75, 3.05) is 11.4 Å². The molecule has 1 aromatic carbocycles. The molecule has 2 heterocycles. The van der Waals surface area contributed by atoms with E-state index >= 15 is 0 Å². The number of nitrogens with zero attached hydrogens (tertiary/aromatic N) is 2. The van der Waals surface area contributed by atoms with Gasteiger partial charge >= 0.3 is 0 Å². The van der Waals surface area contributed by atoms with E-state index in [9.17, 15) is 4.79 Å². The van der Waals surface area contributed by atoms with Gasteiger partial charge in [-0.25, -0.2) is 9.98 Å². The lowest BCUT2D eigenvalue weighted by Gasteiger charge is -2.20. The van der Waals surface area contributed by atoms with Crippen LogP contribution in [0.5, 0.6) is 0 Å². The second-order valence-electron chi connectivity index (χ2n) is 5.59. The Morgan fingerprint density at radius 2 is 1.87 bits per heavy atom. The smallest absolute Gasteiger partial charge is 0.292 e. The highest BCUT2D eigenvalue weighted by Crippen LogP contribution is 2.34. The number of aromatic nitrogens is 1. The average Bonchev–Trinajstić information content (AvgIpc) is 3.35. The van der Waals surface area contributed by atoms with Crippen LogP contribution >= 0.6 is 11.6 Å². The summed E-state index contributed by atoms with van der Waals surface area (Å²) in [5.74, 6) is 0.0822. The van der Waals surface area contributed by atoms with Gasteiger partial charge < -0.3 is 17.3 Å². The van der Waals surface area contributed by atoms with Crippen LogP contribution in [0.2, 0.25) is 5.15 Å². The lowest BCUT2D eigenvalue weighted by molar-refractivity contribution is -0.442. The molecule has 0 spiro atoms. The maximum Gasteiger partial charge on any atom is 0.292 e. The van der Waals surface area contributed by atoms with E-state index in [-0.39, 0.29) is 24.9 Å². The van der Waals surface area contributed by atoms with Gasteiger partial charge in [-0.2, -0.15) is 0 Å². The average molecular weight is 348 g/mol. The third kappa shape index (κ3) is 2.96. The van der Waals surface area contributed by atoms with E-state index in [0.717, 1.165) is 35.5 Å². The molecule has 1 aliphatic heterocycles. The second kappa shape index (κ2) is 6.30. The first-order valence-corrected chi connectivity index (χ1v) is 7.77. The highest BCUT2D eigenvalue weighted by molar-refractivity contribution is 6.30. The van der Waals surface area contributed by atoms with Crippen LogP contribution in [-0.2, 0) is 4.79 Å². The summed E-state index contributed by atoms with van der Waals surface area (Å²) in [4.78, 5) is 22.1. The molecule has 1 amide bonds. The number of hydrogen-bond donors (Lipinski definition) is 1. The Bertz CT molecular complexity index is 773. The van der Waals surface area contributed by atoms with E-state index < -0.39 is 0 Å². The minimum Gasteiger partial charge on any atom is -1.00 e. The number of hydrogen-bond acceptors (Lipinski definition) is 2. The molecule has 2 aromatic rings. The number of fused-ring (bicyclic) bond motifs is 1. The molecule has 23 heavy (non-hydrogen) atoms. The summed E-state index contributed by atoms with van der Waals surface area (Å²) < 4.78 is 0. The van der Waals surface area contributed by atoms with Crippen LogP contribution in [0, 0.1) is 0 Å². The fourth-order valence-electron chi connectivity index (χ4n) is 2.85. The predicted octanol–water partition coefficient (Wildman–Crippen LogP) is -1.83. The molecule has 6 heteroatoms. The lowest BCUT2D eigenvalue weighted by atomic mass is 10.1. The molecule has 1 aromatic heterocycles. The van der Waals surface area contributed by atoms with Crippen LogP contribution in [0.15, 0.2) is 42.5 Å². The van der Waals surface area contributed by atoms with Crippen LogP contribution in [0.3, 0.4) is 0 Å². The van der Waals surface area contributed by atoms with Gasteiger partial charge in [0, 0.05) is 11.6 Å². The highest BCUT2D eigenvalue weighted by atomic mass is 35.5. The Kier molecular flexibility index (Phi) is 4.37. The van der Waals surface area contributed by atoms with Gasteiger partial charge in [0.15, 0.2) is 5.69 Å². The van der Waals surface area contributed by atoms with Crippen molar-refractivity contribution in [3.8, 4) is 0 Å². The number of halogens is 2. The predicted molar refractivity (Wildman–Crippen MR) is 85.2 cm³/mol. The number of carbonyl (C=O) groups is 1. The minimum atomic E-state index is 0. The SMILES string of the molecule is O=C1C[NH+]=C(c2ccccc2)c2nc(Cl)ccc2N1C1CC1.[Cl-]. The van der Waals surface area contributed by atoms with Gasteiger partial charge in [0.1, 0.15) is 5.15 Å². The fourth-order valence-corrected chi connectivity index (χ4v) is 3.00. The molecular formula is C17H15Cl2N3O. The van der Waals surface area contributed by atoms with Crippen LogP contribution in [-0.4, -0.2) is 29.2 Å². The summed E-state index contributed by atoms with van der Waals surface area (Å²) in [5, 5.41) is 0.430. The number of carbonyl (C=O) groups excluding carboxylic acids is 1. The highest BCUT2D eigenvalue weighted by Gasteiger charge is 2.39. The summed E-state index contributed by atoms with van der Waals surface area (Å²) in [6.45, 7) is 0.273. The Hall–Kier alpha value is -1.91. The van der Waals surface area contributed by atoms with Crippen molar-refractivity contribution in [2.45, 2.75) is 18.9 Å². The van der Waals surface area contributed by atoms with Crippen molar-refractivity contribution in [2.24, 2.45) is 0 Å². The molecule has 0 radical (unpaired) electrons. The topological polar surface area (TPSA) is 47.2 Å². The van der Waals surface area contributed by atoms with Gasteiger partial charge in [-0.3, -0.25) is 4.79 Å². The van der Waals surface area contributed by atoms with E-state index in [1.54, 1.807) is 6.07 Å². The number of pyridine rings is 1. The summed E-state index contributed by atoms with van der Waals surface area (Å²) in [6.07, 6.45) is 2.10. The zero-order chi connectivity index (χ0) is 15.1. The molecule has 2 aliphatic rings. The fraction of sp³-hybridized carbons (Fsp3) is 0.235. The van der Waals surface area contributed by atoms with Crippen molar-refractivity contribution < 1.29 is 22.2 Å². The van der Waals surface area contributed by atoms with E-state index in [1.807, 2.05) is 41.3 Å². The first-order chi connectivity index (χ1) is 10.7. The monoisotopic (exact) mass is 347 g/mol. The molecule has 1 N–H and O–H groups in total. The Morgan fingerprint density at radius 1 is 1.13 bits per heavy atom.